The van der Waals surface area contributed by atoms with Gasteiger partial charge in [0.25, 0.3) is 0 Å². The first-order chi connectivity index (χ1) is 17.3. The van der Waals surface area contributed by atoms with Crippen molar-refractivity contribution < 1.29 is 18.8 Å². The maximum atomic E-state index is 12.3. The lowest BCUT2D eigenvalue weighted by Crippen LogP contribution is -2.38. The van der Waals surface area contributed by atoms with Gasteiger partial charge in [0.05, 0.1) is 13.2 Å². The van der Waals surface area contributed by atoms with Gasteiger partial charge in [0, 0.05) is 47.9 Å². The van der Waals surface area contributed by atoms with E-state index >= 15 is 0 Å². The third-order valence-electron chi connectivity index (χ3n) is 5.62. The molecule has 8 nitrogen and oxygen atoms in total. The molecule has 1 aliphatic rings. The predicted octanol–water partition coefficient (Wildman–Crippen LogP) is 4.73. The van der Waals surface area contributed by atoms with Crippen molar-refractivity contribution in [2.24, 2.45) is 0 Å². The number of morpholine rings is 1. The lowest BCUT2D eigenvalue weighted by atomic mass is 9.93. The van der Waals surface area contributed by atoms with Gasteiger partial charge in [0.15, 0.2) is 5.82 Å². The minimum atomic E-state index is -0.394. The molecule has 1 fully saturated rings. The summed E-state index contributed by atoms with van der Waals surface area (Å²) < 4.78 is 16.5. The van der Waals surface area contributed by atoms with Gasteiger partial charge in [-0.15, -0.1) is 0 Å². The van der Waals surface area contributed by atoms with E-state index < -0.39 is 6.03 Å². The number of aromatic nitrogens is 1. The third-order valence-corrected chi connectivity index (χ3v) is 5.62. The SMILES string of the molecule is CC(C)(C)c1cc(NC(=O)Nc2ccc(C#Cc3ccc(OCCN4CCOCC4)cc3)cc2)no1. The van der Waals surface area contributed by atoms with Gasteiger partial charge < -0.3 is 19.3 Å². The molecule has 0 aliphatic carbocycles. The lowest BCUT2D eigenvalue weighted by Gasteiger charge is -2.26. The molecule has 0 bridgehead atoms. The van der Waals surface area contributed by atoms with Gasteiger partial charge in [0.1, 0.15) is 18.1 Å². The van der Waals surface area contributed by atoms with Crippen LogP contribution in [0.2, 0.25) is 0 Å². The summed E-state index contributed by atoms with van der Waals surface area (Å²) in [6.45, 7) is 11.1. The summed E-state index contributed by atoms with van der Waals surface area (Å²) in [7, 11) is 0. The number of hydrogen-bond donors (Lipinski definition) is 2. The zero-order valence-electron chi connectivity index (χ0n) is 21.0. The Labute approximate surface area is 211 Å². The number of anilines is 2. The van der Waals surface area contributed by atoms with Gasteiger partial charge in [-0.3, -0.25) is 10.2 Å². The number of carbonyl (C=O) groups excluding carboxylic acids is 1. The molecular weight excluding hydrogens is 456 g/mol. The fourth-order valence-electron chi connectivity index (χ4n) is 3.50. The molecule has 1 aliphatic heterocycles. The van der Waals surface area contributed by atoms with Crippen LogP contribution in [0.25, 0.3) is 0 Å². The summed E-state index contributed by atoms with van der Waals surface area (Å²) in [5.74, 6) is 8.21. The zero-order chi connectivity index (χ0) is 25.4. The Hall–Kier alpha value is -3.80. The topological polar surface area (TPSA) is 88.9 Å². The fourth-order valence-corrected chi connectivity index (χ4v) is 3.50. The van der Waals surface area contributed by atoms with E-state index in [1.54, 1.807) is 18.2 Å². The molecule has 0 spiro atoms. The molecule has 2 aromatic carbocycles. The van der Waals surface area contributed by atoms with Gasteiger partial charge in [0.2, 0.25) is 0 Å². The quantitative estimate of drug-likeness (QED) is 0.488. The molecule has 2 N–H and O–H groups in total. The van der Waals surface area contributed by atoms with Crippen LogP contribution in [0, 0.1) is 11.8 Å². The second-order valence-electron chi connectivity index (χ2n) is 9.56. The van der Waals surface area contributed by atoms with E-state index in [-0.39, 0.29) is 5.41 Å². The van der Waals surface area contributed by atoms with E-state index in [2.05, 4.69) is 32.5 Å². The van der Waals surface area contributed by atoms with Crippen LogP contribution in [0.4, 0.5) is 16.3 Å². The summed E-state index contributed by atoms with van der Waals surface area (Å²) in [4.78, 5) is 14.6. The van der Waals surface area contributed by atoms with Crippen molar-refractivity contribution in [2.75, 3.05) is 50.1 Å². The van der Waals surface area contributed by atoms with E-state index in [1.807, 2.05) is 57.2 Å². The van der Waals surface area contributed by atoms with Crippen molar-refractivity contribution in [3.63, 3.8) is 0 Å². The highest BCUT2D eigenvalue weighted by atomic mass is 16.5. The maximum Gasteiger partial charge on any atom is 0.324 e. The van der Waals surface area contributed by atoms with Crippen LogP contribution in [0.5, 0.6) is 5.75 Å². The average molecular weight is 489 g/mol. The molecule has 0 atom stereocenters. The van der Waals surface area contributed by atoms with E-state index in [1.165, 1.54) is 0 Å². The van der Waals surface area contributed by atoms with Crippen LogP contribution in [0.1, 0.15) is 37.7 Å². The largest absolute Gasteiger partial charge is 0.492 e. The van der Waals surface area contributed by atoms with Gasteiger partial charge in [-0.1, -0.05) is 37.8 Å². The molecule has 8 heteroatoms. The molecule has 188 valence electrons. The molecule has 1 saturated heterocycles. The maximum absolute atomic E-state index is 12.3. The molecule has 36 heavy (non-hydrogen) atoms. The first-order valence-corrected chi connectivity index (χ1v) is 12.1. The van der Waals surface area contributed by atoms with E-state index in [0.717, 1.165) is 49.7 Å². The van der Waals surface area contributed by atoms with Gasteiger partial charge in [-0.05, 0) is 48.5 Å². The minimum absolute atomic E-state index is 0.181. The summed E-state index contributed by atoms with van der Waals surface area (Å²) in [6.07, 6.45) is 0. The summed E-state index contributed by atoms with van der Waals surface area (Å²) in [5.41, 5.74) is 2.22. The second-order valence-corrected chi connectivity index (χ2v) is 9.56. The van der Waals surface area contributed by atoms with Crippen LogP contribution in [-0.2, 0) is 10.2 Å². The Morgan fingerprint density at radius 3 is 2.25 bits per heavy atom. The molecule has 2 heterocycles. The first kappa shape index (κ1) is 25.3. The Morgan fingerprint density at radius 1 is 1.00 bits per heavy atom. The highest BCUT2D eigenvalue weighted by molar-refractivity contribution is 5.99. The van der Waals surface area contributed by atoms with Crippen molar-refractivity contribution in [3.8, 4) is 17.6 Å². The van der Waals surface area contributed by atoms with Gasteiger partial charge in [-0.2, -0.15) is 0 Å². The van der Waals surface area contributed by atoms with Crippen LogP contribution >= 0.6 is 0 Å². The Kier molecular flexibility index (Phi) is 8.26. The number of carbonyl (C=O) groups is 1. The Balaban J connectivity index is 1.24. The summed E-state index contributed by atoms with van der Waals surface area (Å²) in [6, 6.07) is 16.4. The number of rotatable bonds is 6. The van der Waals surface area contributed by atoms with Crippen molar-refractivity contribution in [3.05, 3.63) is 71.5 Å². The van der Waals surface area contributed by atoms with E-state index in [0.29, 0.717) is 23.9 Å². The molecule has 2 amide bonds. The molecule has 0 radical (unpaired) electrons. The molecule has 0 unspecified atom stereocenters. The number of urea groups is 1. The fraction of sp³-hybridized carbons (Fsp3) is 0.357. The van der Waals surface area contributed by atoms with E-state index in [4.69, 9.17) is 14.0 Å². The normalized spacial score (nSPS) is 14.0. The second kappa shape index (κ2) is 11.8. The molecule has 0 saturated carbocycles. The van der Waals surface area contributed by atoms with Gasteiger partial charge in [-0.25, -0.2) is 4.79 Å². The minimum Gasteiger partial charge on any atom is -0.492 e. The summed E-state index contributed by atoms with van der Waals surface area (Å²) in [5, 5.41) is 9.35. The zero-order valence-corrected chi connectivity index (χ0v) is 21.0. The number of benzene rings is 2. The summed E-state index contributed by atoms with van der Waals surface area (Å²) >= 11 is 0. The number of nitrogens with one attached hydrogen (secondary N) is 2. The molecule has 4 rings (SSSR count). The number of ether oxygens (including phenoxy) is 2. The smallest absolute Gasteiger partial charge is 0.324 e. The van der Waals surface area contributed by atoms with Crippen LogP contribution in [0.3, 0.4) is 0 Å². The third kappa shape index (κ3) is 7.60. The number of hydrogen-bond acceptors (Lipinski definition) is 6. The monoisotopic (exact) mass is 488 g/mol. The standard InChI is InChI=1S/C28H32N4O4/c1-28(2,3)25-20-26(31-36-25)30-27(33)29-23-10-6-21(7-11-23)4-5-22-8-12-24(13-9-22)35-19-16-32-14-17-34-18-15-32/h6-13,20H,14-19H2,1-3H3,(H2,29,30,31,33). The van der Waals surface area contributed by atoms with Crippen LogP contribution in [-0.4, -0.2) is 55.5 Å². The Morgan fingerprint density at radius 2 is 1.64 bits per heavy atom. The van der Waals surface area contributed by atoms with Crippen LogP contribution in [0.15, 0.2) is 59.1 Å². The highest BCUT2D eigenvalue weighted by Crippen LogP contribution is 2.24. The first-order valence-electron chi connectivity index (χ1n) is 12.1. The predicted molar refractivity (Wildman–Crippen MR) is 139 cm³/mol. The van der Waals surface area contributed by atoms with Crippen molar-refractivity contribution in [2.45, 2.75) is 26.2 Å². The number of amides is 2. The highest BCUT2D eigenvalue weighted by Gasteiger charge is 2.20. The van der Waals surface area contributed by atoms with Crippen molar-refractivity contribution >= 4 is 17.5 Å². The number of nitrogens with zero attached hydrogens (tertiary/aromatic N) is 2. The lowest BCUT2D eigenvalue weighted by molar-refractivity contribution is 0.0322. The van der Waals surface area contributed by atoms with Crippen molar-refractivity contribution in [1.29, 1.82) is 0 Å². The van der Waals surface area contributed by atoms with Crippen molar-refractivity contribution in [1.82, 2.24) is 10.1 Å². The van der Waals surface area contributed by atoms with E-state index in [9.17, 15) is 4.79 Å². The van der Waals surface area contributed by atoms with Gasteiger partial charge >= 0.3 is 6.03 Å². The average Bonchev–Trinajstić information content (AvgIpc) is 3.34. The molecule has 3 aromatic rings. The molecular formula is C28H32N4O4. The van der Waals surface area contributed by atoms with Crippen LogP contribution < -0.4 is 15.4 Å². The molecule has 1 aromatic heterocycles. The Bertz CT molecular complexity index is 1200.